The van der Waals surface area contributed by atoms with E-state index in [0.717, 1.165) is 37.3 Å². The third-order valence-electron chi connectivity index (χ3n) is 4.60. The minimum absolute atomic E-state index is 0.322. The Balaban J connectivity index is 1.98. The number of hydrogen-bond acceptors (Lipinski definition) is 3. The van der Waals surface area contributed by atoms with Crippen LogP contribution in [0.15, 0.2) is 6.07 Å². The van der Waals surface area contributed by atoms with Crippen LogP contribution in [-0.4, -0.2) is 18.1 Å². The fourth-order valence-electron chi connectivity index (χ4n) is 3.55. The SMILES string of the molecule is CC1(C)CCCN(c2nc3c(cc2C#N)CCCC3)C1. The fraction of sp³-hybridized carbons (Fsp3) is 0.647. The molecule has 0 atom stereocenters. The van der Waals surface area contributed by atoms with Gasteiger partial charge in [0.25, 0.3) is 0 Å². The molecule has 0 spiro atoms. The summed E-state index contributed by atoms with van der Waals surface area (Å²) >= 11 is 0. The van der Waals surface area contributed by atoms with Crippen LogP contribution in [0.25, 0.3) is 0 Å². The molecule has 1 saturated heterocycles. The highest BCUT2D eigenvalue weighted by molar-refractivity contribution is 5.57. The second-order valence-electron chi connectivity index (χ2n) is 6.97. The van der Waals surface area contributed by atoms with E-state index in [4.69, 9.17) is 4.98 Å². The first-order chi connectivity index (χ1) is 9.59. The quantitative estimate of drug-likeness (QED) is 0.784. The van der Waals surface area contributed by atoms with Gasteiger partial charge in [0.15, 0.2) is 0 Å². The lowest BCUT2D eigenvalue weighted by Gasteiger charge is -2.39. The molecule has 3 nitrogen and oxygen atoms in total. The molecule has 1 aliphatic carbocycles. The smallest absolute Gasteiger partial charge is 0.146 e. The number of piperidine rings is 1. The molecule has 0 aromatic carbocycles. The molecule has 1 fully saturated rings. The van der Waals surface area contributed by atoms with Gasteiger partial charge >= 0.3 is 0 Å². The number of pyridine rings is 1. The average molecular weight is 269 g/mol. The minimum atomic E-state index is 0.322. The summed E-state index contributed by atoms with van der Waals surface area (Å²) in [6.07, 6.45) is 7.08. The van der Waals surface area contributed by atoms with Crippen LogP contribution in [0.2, 0.25) is 0 Å². The zero-order valence-corrected chi connectivity index (χ0v) is 12.6. The summed E-state index contributed by atoms with van der Waals surface area (Å²) in [7, 11) is 0. The van der Waals surface area contributed by atoms with Crippen LogP contribution in [0.3, 0.4) is 0 Å². The van der Waals surface area contributed by atoms with Crippen molar-refractivity contribution in [3.8, 4) is 6.07 Å². The van der Waals surface area contributed by atoms with Crippen molar-refractivity contribution in [2.24, 2.45) is 5.41 Å². The van der Waals surface area contributed by atoms with Crippen molar-refractivity contribution in [3.05, 3.63) is 22.9 Å². The topological polar surface area (TPSA) is 39.9 Å². The number of rotatable bonds is 1. The first-order valence-electron chi connectivity index (χ1n) is 7.77. The first-order valence-corrected chi connectivity index (χ1v) is 7.77. The number of fused-ring (bicyclic) bond motifs is 1. The maximum atomic E-state index is 9.46. The van der Waals surface area contributed by atoms with Crippen LogP contribution in [0.5, 0.6) is 0 Å². The minimum Gasteiger partial charge on any atom is -0.355 e. The Labute approximate surface area is 121 Å². The van der Waals surface area contributed by atoms with Crippen LogP contribution in [0, 0.1) is 16.7 Å². The van der Waals surface area contributed by atoms with Gasteiger partial charge in [-0.25, -0.2) is 4.98 Å². The van der Waals surface area contributed by atoms with Crippen LogP contribution in [0.4, 0.5) is 5.82 Å². The Morgan fingerprint density at radius 3 is 2.80 bits per heavy atom. The molecular formula is C17H23N3. The lowest BCUT2D eigenvalue weighted by atomic mass is 9.84. The van der Waals surface area contributed by atoms with Crippen LogP contribution < -0.4 is 4.90 Å². The van der Waals surface area contributed by atoms with Gasteiger partial charge in [-0.15, -0.1) is 0 Å². The summed E-state index contributed by atoms with van der Waals surface area (Å²) in [5.74, 6) is 0.931. The average Bonchev–Trinajstić information content (AvgIpc) is 2.44. The summed E-state index contributed by atoms with van der Waals surface area (Å²) in [6.45, 7) is 6.66. The normalized spacial score (nSPS) is 21.1. The molecule has 3 heteroatoms. The highest BCUT2D eigenvalue weighted by Gasteiger charge is 2.29. The van der Waals surface area contributed by atoms with E-state index < -0.39 is 0 Å². The number of hydrogen-bond donors (Lipinski definition) is 0. The number of anilines is 1. The molecule has 0 unspecified atom stereocenters. The maximum absolute atomic E-state index is 9.46. The summed E-state index contributed by atoms with van der Waals surface area (Å²) < 4.78 is 0. The first kappa shape index (κ1) is 13.4. The summed E-state index contributed by atoms with van der Waals surface area (Å²) in [5, 5.41) is 9.46. The molecule has 0 bridgehead atoms. The number of nitriles is 1. The molecular weight excluding hydrogens is 246 g/mol. The van der Waals surface area contributed by atoms with E-state index >= 15 is 0 Å². The van der Waals surface area contributed by atoms with Gasteiger partial charge in [0.2, 0.25) is 0 Å². The molecule has 2 heterocycles. The predicted octanol–water partition coefficient (Wildman–Crippen LogP) is 3.46. The van der Waals surface area contributed by atoms with Gasteiger partial charge in [0, 0.05) is 18.8 Å². The van der Waals surface area contributed by atoms with Gasteiger partial charge in [-0.05, 0) is 55.6 Å². The molecule has 0 N–H and O–H groups in total. The van der Waals surface area contributed by atoms with Crippen molar-refractivity contribution in [1.82, 2.24) is 4.98 Å². The van der Waals surface area contributed by atoms with E-state index in [2.05, 4.69) is 30.9 Å². The van der Waals surface area contributed by atoms with E-state index in [1.54, 1.807) is 0 Å². The fourth-order valence-corrected chi connectivity index (χ4v) is 3.55. The molecule has 1 aromatic rings. The maximum Gasteiger partial charge on any atom is 0.146 e. The van der Waals surface area contributed by atoms with Crippen molar-refractivity contribution in [3.63, 3.8) is 0 Å². The molecule has 0 saturated carbocycles. The zero-order chi connectivity index (χ0) is 14.2. The molecule has 3 rings (SSSR count). The van der Waals surface area contributed by atoms with E-state index in [1.165, 1.54) is 36.9 Å². The molecule has 1 aromatic heterocycles. The van der Waals surface area contributed by atoms with Crippen LogP contribution >= 0.6 is 0 Å². The second-order valence-corrected chi connectivity index (χ2v) is 6.97. The Morgan fingerprint density at radius 2 is 2.05 bits per heavy atom. The van der Waals surface area contributed by atoms with E-state index in [-0.39, 0.29) is 0 Å². The monoisotopic (exact) mass is 269 g/mol. The number of nitrogens with zero attached hydrogens (tertiary/aromatic N) is 3. The van der Waals surface area contributed by atoms with Gasteiger partial charge in [-0.1, -0.05) is 13.8 Å². The zero-order valence-electron chi connectivity index (χ0n) is 12.6. The number of aryl methyl sites for hydroxylation is 2. The molecule has 106 valence electrons. The van der Waals surface area contributed by atoms with Crippen molar-refractivity contribution in [2.45, 2.75) is 52.4 Å². The van der Waals surface area contributed by atoms with Crippen molar-refractivity contribution < 1.29 is 0 Å². The predicted molar refractivity (Wildman–Crippen MR) is 80.8 cm³/mol. The van der Waals surface area contributed by atoms with Gasteiger partial charge in [-0.3, -0.25) is 0 Å². The van der Waals surface area contributed by atoms with Crippen molar-refractivity contribution >= 4 is 5.82 Å². The summed E-state index contributed by atoms with van der Waals surface area (Å²) in [4.78, 5) is 7.21. The van der Waals surface area contributed by atoms with Gasteiger partial charge in [-0.2, -0.15) is 5.26 Å². The van der Waals surface area contributed by atoms with Crippen molar-refractivity contribution in [2.75, 3.05) is 18.0 Å². The Bertz CT molecular complexity index is 554. The van der Waals surface area contributed by atoms with Crippen LogP contribution in [0.1, 0.15) is 56.4 Å². The van der Waals surface area contributed by atoms with Crippen LogP contribution in [-0.2, 0) is 12.8 Å². The lowest BCUT2D eigenvalue weighted by Crippen LogP contribution is -2.41. The molecule has 1 aliphatic heterocycles. The van der Waals surface area contributed by atoms with Gasteiger partial charge < -0.3 is 4.90 Å². The summed E-state index contributed by atoms with van der Waals surface area (Å²) in [5.41, 5.74) is 3.62. The Hall–Kier alpha value is -1.56. The number of aromatic nitrogens is 1. The standard InChI is InChI=1S/C17H23N3/c1-17(2)8-5-9-20(12-17)16-14(11-18)10-13-6-3-4-7-15(13)19-16/h10H,3-9,12H2,1-2H3. The van der Waals surface area contributed by atoms with Gasteiger partial charge in [0.05, 0.1) is 5.56 Å². The van der Waals surface area contributed by atoms with Crippen molar-refractivity contribution in [1.29, 1.82) is 5.26 Å². The molecule has 0 radical (unpaired) electrons. The van der Waals surface area contributed by atoms with E-state index in [1.807, 2.05) is 0 Å². The molecule has 2 aliphatic rings. The molecule has 0 amide bonds. The van der Waals surface area contributed by atoms with Gasteiger partial charge in [0.1, 0.15) is 11.9 Å². The largest absolute Gasteiger partial charge is 0.355 e. The summed E-state index contributed by atoms with van der Waals surface area (Å²) in [6, 6.07) is 4.46. The third kappa shape index (κ3) is 2.52. The Kier molecular flexibility index (Phi) is 3.41. The molecule has 20 heavy (non-hydrogen) atoms. The second kappa shape index (κ2) is 5.09. The lowest BCUT2D eigenvalue weighted by molar-refractivity contribution is 0.292. The third-order valence-corrected chi connectivity index (χ3v) is 4.60. The highest BCUT2D eigenvalue weighted by Crippen LogP contribution is 2.33. The Morgan fingerprint density at radius 1 is 1.25 bits per heavy atom. The van der Waals surface area contributed by atoms with E-state index in [0.29, 0.717) is 5.41 Å². The van der Waals surface area contributed by atoms with E-state index in [9.17, 15) is 5.26 Å². The highest BCUT2D eigenvalue weighted by atomic mass is 15.2.